The maximum atomic E-state index is 12.0. The zero-order valence-corrected chi connectivity index (χ0v) is 12.3. The van der Waals surface area contributed by atoms with E-state index in [4.69, 9.17) is 11.6 Å². The number of nitrogens with one attached hydrogen (secondary N) is 1. The van der Waals surface area contributed by atoms with Crippen molar-refractivity contribution >= 4 is 40.2 Å². The van der Waals surface area contributed by atoms with Crippen LogP contribution in [0.15, 0.2) is 24.3 Å². The third-order valence-electron chi connectivity index (χ3n) is 2.57. The predicted molar refractivity (Wildman–Crippen MR) is 79.9 cm³/mol. The number of hydrogen-bond donors (Lipinski definition) is 1. The van der Waals surface area contributed by atoms with Crippen molar-refractivity contribution in [3.05, 3.63) is 54.7 Å². The molecule has 1 aromatic carbocycles. The first-order chi connectivity index (χ1) is 9.36. The average molecular weight is 311 g/mol. The molecule has 7 heteroatoms. The number of benzene rings is 1. The summed E-state index contributed by atoms with van der Waals surface area (Å²) in [5, 5.41) is 13.4. The summed E-state index contributed by atoms with van der Waals surface area (Å²) in [6.45, 7) is 3.85. The van der Waals surface area contributed by atoms with Crippen molar-refractivity contribution in [3.8, 4) is 0 Å². The largest absolute Gasteiger partial charge is 0.321 e. The number of anilines is 1. The van der Waals surface area contributed by atoms with Crippen LogP contribution in [0.3, 0.4) is 0 Å². The molecule has 0 radical (unpaired) electrons. The molecule has 104 valence electrons. The van der Waals surface area contributed by atoms with Crippen LogP contribution in [0.5, 0.6) is 0 Å². The summed E-state index contributed by atoms with van der Waals surface area (Å²) in [5.41, 5.74) is 2.45. The first kappa shape index (κ1) is 14.5. The Kier molecular flexibility index (Phi) is 4.06. The highest BCUT2D eigenvalue weighted by molar-refractivity contribution is 7.18. The molecule has 1 heterocycles. The predicted octanol–water partition coefficient (Wildman–Crippen LogP) is 4.18. The first-order valence-corrected chi connectivity index (χ1v) is 6.89. The van der Waals surface area contributed by atoms with E-state index in [0.717, 1.165) is 22.5 Å². The summed E-state index contributed by atoms with van der Waals surface area (Å²) in [6.07, 6.45) is 0. The molecule has 0 saturated carbocycles. The van der Waals surface area contributed by atoms with Crippen molar-refractivity contribution in [1.82, 2.24) is 0 Å². The van der Waals surface area contributed by atoms with Gasteiger partial charge in [0.15, 0.2) is 4.34 Å². The van der Waals surface area contributed by atoms with Gasteiger partial charge in [0.25, 0.3) is 11.6 Å². The van der Waals surface area contributed by atoms with Crippen LogP contribution < -0.4 is 5.32 Å². The highest BCUT2D eigenvalue weighted by atomic mass is 35.5. The highest BCUT2D eigenvalue weighted by Gasteiger charge is 2.21. The summed E-state index contributed by atoms with van der Waals surface area (Å²) in [7, 11) is 0. The number of rotatable bonds is 3. The van der Waals surface area contributed by atoms with Gasteiger partial charge in [-0.25, -0.2) is 0 Å². The standard InChI is InChI=1S/C13H11ClN2O3S/c1-7-3-8(2)5-9(4-7)15-13(17)11-6-10(16(18)19)12(14)20-11/h3-6H,1-2H3,(H,15,17). The van der Waals surface area contributed by atoms with Gasteiger partial charge in [-0.2, -0.15) is 0 Å². The van der Waals surface area contributed by atoms with Crippen LogP contribution in [0.1, 0.15) is 20.8 Å². The molecule has 20 heavy (non-hydrogen) atoms. The molecule has 5 nitrogen and oxygen atoms in total. The van der Waals surface area contributed by atoms with E-state index in [1.54, 1.807) is 0 Å². The number of carbonyl (C=O) groups excluding carboxylic acids is 1. The van der Waals surface area contributed by atoms with E-state index in [2.05, 4.69) is 5.32 Å². The molecule has 0 saturated heterocycles. The number of nitro groups is 1. The van der Waals surface area contributed by atoms with Gasteiger partial charge in [-0.3, -0.25) is 14.9 Å². The molecule has 0 aliphatic heterocycles. The molecule has 2 aromatic rings. The van der Waals surface area contributed by atoms with Crippen molar-refractivity contribution in [2.75, 3.05) is 5.32 Å². The lowest BCUT2D eigenvalue weighted by Crippen LogP contribution is -2.10. The zero-order chi connectivity index (χ0) is 14.9. The maximum absolute atomic E-state index is 12.0. The molecular formula is C13H11ClN2O3S. The molecule has 2 rings (SSSR count). The Bertz CT molecular complexity index is 677. The minimum Gasteiger partial charge on any atom is -0.321 e. The van der Waals surface area contributed by atoms with Gasteiger partial charge in [0.05, 0.1) is 4.92 Å². The van der Waals surface area contributed by atoms with Gasteiger partial charge in [0.1, 0.15) is 4.88 Å². The number of carbonyl (C=O) groups is 1. The van der Waals surface area contributed by atoms with Crippen LogP contribution in [0.2, 0.25) is 4.34 Å². The van der Waals surface area contributed by atoms with Gasteiger partial charge in [-0.05, 0) is 37.1 Å². The van der Waals surface area contributed by atoms with Crippen LogP contribution in [0, 0.1) is 24.0 Å². The minimum atomic E-state index is -0.605. The van der Waals surface area contributed by atoms with E-state index in [1.165, 1.54) is 6.07 Å². The fourth-order valence-corrected chi connectivity index (χ4v) is 2.95. The number of halogens is 1. The lowest BCUT2D eigenvalue weighted by Gasteiger charge is -2.06. The van der Waals surface area contributed by atoms with Crippen molar-refractivity contribution in [3.63, 3.8) is 0 Å². The van der Waals surface area contributed by atoms with Gasteiger partial charge >= 0.3 is 0 Å². The number of aryl methyl sites for hydroxylation is 2. The molecule has 0 atom stereocenters. The van der Waals surface area contributed by atoms with E-state index in [9.17, 15) is 14.9 Å². The van der Waals surface area contributed by atoms with Crippen molar-refractivity contribution in [2.24, 2.45) is 0 Å². The topological polar surface area (TPSA) is 72.2 Å². The van der Waals surface area contributed by atoms with Gasteiger partial charge < -0.3 is 5.32 Å². The second kappa shape index (κ2) is 5.60. The molecule has 0 bridgehead atoms. The normalized spacial score (nSPS) is 10.3. The Morgan fingerprint density at radius 1 is 1.25 bits per heavy atom. The molecule has 1 amide bonds. The Balaban J connectivity index is 2.24. The van der Waals surface area contributed by atoms with Crippen LogP contribution >= 0.6 is 22.9 Å². The monoisotopic (exact) mass is 310 g/mol. The third-order valence-corrected chi connectivity index (χ3v) is 3.91. The van der Waals surface area contributed by atoms with Crippen molar-refractivity contribution < 1.29 is 9.72 Å². The Morgan fingerprint density at radius 2 is 1.85 bits per heavy atom. The SMILES string of the molecule is Cc1cc(C)cc(NC(=O)c2cc([N+](=O)[O-])c(Cl)s2)c1. The molecule has 1 N–H and O–H groups in total. The molecule has 0 spiro atoms. The van der Waals surface area contributed by atoms with Gasteiger partial charge in [0.2, 0.25) is 0 Å². The van der Waals surface area contributed by atoms with E-state index in [0.29, 0.717) is 5.69 Å². The number of amides is 1. The molecule has 0 aliphatic rings. The fourth-order valence-electron chi connectivity index (χ4n) is 1.84. The Morgan fingerprint density at radius 3 is 2.35 bits per heavy atom. The van der Waals surface area contributed by atoms with Crippen LogP contribution in [-0.4, -0.2) is 10.8 Å². The fraction of sp³-hybridized carbons (Fsp3) is 0.154. The van der Waals surface area contributed by atoms with Gasteiger partial charge in [-0.15, -0.1) is 11.3 Å². The average Bonchev–Trinajstić information content (AvgIpc) is 2.70. The van der Waals surface area contributed by atoms with Crippen LogP contribution in [-0.2, 0) is 0 Å². The van der Waals surface area contributed by atoms with Gasteiger partial charge in [-0.1, -0.05) is 17.7 Å². The van der Waals surface area contributed by atoms with Crippen LogP contribution in [0.4, 0.5) is 11.4 Å². The minimum absolute atomic E-state index is 0.000530. The molecule has 0 aliphatic carbocycles. The Hall–Kier alpha value is -1.92. The van der Waals surface area contributed by atoms with E-state index in [1.807, 2.05) is 32.0 Å². The number of nitrogens with zero attached hydrogens (tertiary/aromatic N) is 1. The van der Waals surface area contributed by atoms with Crippen molar-refractivity contribution in [1.29, 1.82) is 0 Å². The van der Waals surface area contributed by atoms with Gasteiger partial charge in [0, 0.05) is 11.8 Å². The lowest BCUT2D eigenvalue weighted by molar-refractivity contribution is -0.384. The Labute approximate surface area is 124 Å². The van der Waals surface area contributed by atoms with E-state index in [-0.39, 0.29) is 14.9 Å². The second-order valence-electron chi connectivity index (χ2n) is 4.36. The first-order valence-electron chi connectivity index (χ1n) is 5.70. The zero-order valence-electron chi connectivity index (χ0n) is 10.8. The highest BCUT2D eigenvalue weighted by Crippen LogP contribution is 2.34. The third kappa shape index (κ3) is 3.15. The summed E-state index contributed by atoms with van der Waals surface area (Å²) in [6, 6.07) is 6.83. The van der Waals surface area contributed by atoms with E-state index >= 15 is 0 Å². The van der Waals surface area contributed by atoms with E-state index < -0.39 is 10.8 Å². The number of hydrogen-bond acceptors (Lipinski definition) is 4. The quantitative estimate of drug-likeness (QED) is 0.682. The molecule has 0 unspecified atom stereocenters. The smallest absolute Gasteiger partial charge is 0.299 e. The maximum Gasteiger partial charge on any atom is 0.299 e. The summed E-state index contributed by atoms with van der Waals surface area (Å²) < 4.78 is 0.000530. The lowest BCUT2D eigenvalue weighted by atomic mass is 10.1. The summed E-state index contributed by atoms with van der Waals surface area (Å²) in [5.74, 6) is -0.407. The summed E-state index contributed by atoms with van der Waals surface area (Å²) >= 11 is 6.62. The molecule has 1 aromatic heterocycles. The van der Waals surface area contributed by atoms with Crippen molar-refractivity contribution in [2.45, 2.75) is 13.8 Å². The summed E-state index contributed by atoms with van der Waals surface area (Å²) in [4.78, 5) is 22.3. The molecular weight excluding hydrogens is 300 g/mol. The van der Waals surface area contributed by atoms with Crippen LogP contribution in [0.25, 0.3) is 0 Å². The number of thiophene rings is 1. The molecule has 0 fully saturated rings. The second-order valence-corrected chi connectivity index (χ2v) is 6.01.